The van der Waals surface area contributed by atoms with Gasteiger partial charge in [0.15, 0.2) is 0 Å². The van der Waals surface area contributed by atoms with Crippen molar-refractivity contribution in [2.24, 2.45) is 0 Å². The molecule has 258 valence electrons. The molecule has 4 aromatic rings. The summed E-state index contributed by atoms with van der Waals surface area (Å²) in [5.41, 5.74) is 4.29. The lowest BCUT2D eigenvalue weighted by atomic mass is 9.94. The minimum atomic E-state index is -4.21. The molecule has 0 heterocycles. The molecule has 0 radical (unpaired) electrons. The van der Waals surface area contributed by atoms with Crippen LogP contribution in [0.25, 0.3) is 0 Å². The van der Waals surface area contributed by atoms with Crippen molar-refractivity contribution in [1.29, 1.82) is 0 Å². The van der Waals surface area contributed by atoms with Crippen molar-refractivity contribution >= 4 is 50.7 Å². The molecule has 5 rings (SSSR count). The van der Waals surface area contributed by atoms with Crippen LogP contribution in [0, 0.1) is 20.8 Å². The van der Waals surface area contributed by atoms with Crippen molar-refractivity contribution in [3.8, 4) is 0 Å². The average Bonchev–Trinajstić information content (AvgIpc) is 3.08. The Balaban J connectivity index is 1.60. The van der Waals surface area contributed by atoms with Gasteiger partial charge in [-0.25, -0.2) is 8.42 Å². The van der Waals surface area contributed by atoms with E-state index in [1.807, 2.05) is 63.2 Å². The van der Waals surface area contributed by atoms with E-state index >= 15 is 0 Å². The second-order valence-electron chi connectivity index (χ2n) is 12.9. The summed E-state index contributed by atoms with van der Waals surface area (Å²) >= 11 is 12.9. The molecule has 1 saturated carbocycles. The molecule has 10 heteroatoms. The molecule has 0 aliphatic heterocycles. The minimum absolute atomic E-state index is 0.00366. The van der Waals surface area contributed by atoms with Gasteiger partial charge in [0.2, 0.25) is 11.8 Å². The standard InChI is InChI=1S/C39H43Cl2N3O4S/c1-27-15-20-34(21-16-27)49(47,48)44(36-22-28(2)14-17-29(36)3)26-38(45)43(25-31-18-19-32(40)24-35(31)41)37(23-30-10-6-4-7-11-30)39(46)42-33-12-8-5-9-13-33/h4,6-7,10-11,14-22,24,33,37H,5,8-9,12-13,23,25-26H2,1-3H3,(H,42,46). The fraction of sp³-hybridized carbons (Fsp3) is 0.333. The van der Waals surface area contributed by atoms with Crippen LogP contribution in [0.2, 0.25) is 10.0 Å². The Morgan fingerprint density at radius 1 is 0.837 bits per heavy atom. The molecule has 2 amide bonds. The quantitative estimate of drug-likeness (QED) is 0.160. The number of sulfonamides is 1. The van der Waals surface area contributed by atoms with E-state index in [0.29, 0.717) is 26.9 Å². The molecular formula is C39H43Cl2N3O4S. The molecule has 0 saturated heterocycles. The summed E-state index contributed by atoms with van der Waals surface area (Å²) in [6, 6.07) is 25.7. The van der Waals surface area contributed by atoms with E-state index in [4.69, 9.17) is 23.2 Å². The first-order valence-electron chi connectivity index (χ1n) is 16.7. The zero-order valence-electron chi connectivity index (χ0n) is 28.2. The number of halogens is 2. The maximum Gasteiger partial charge on any atom is 0.264 e. The molecule has 1 unspecified atom stereocenters. The highest BCUT2D eigenvalue weighted by Gasteiger charge is 2.36. The van der Waals surface area contributed by atoms with E-state index in [9.17, 15) is 18.0 Å². The topological polar surface area (TPSA) is 86.8 Å². The van der Waals surface area contributed by atoms with Gasteiger partial charge in [0.05, 0.1) is 10.6 Å². The third-order valence-electron chi connectivity index (χ3n) is 9.10. The summed E-state index contributed by atoms with van der Waals surface area (Å²) in [5, 5.41) is 4.01. The van der Waals surface area contributed by atoms with E-state index in [0.717, 1.165) is 53.1 Å². The Bertz CT molecular complexity index is 1880. The fourth-order valence-corrected chi connectivity index (χ4v) is 8.21. The first-order chi connectivity index (χ1) is 23.4. The summed E-state index contributed by atoms with van der Waals surface area (Å²) in [6.07, 6.45) is 5.15. The molecule has 4 aromatic carbocycles. The second kappa shape index (κ2) is 16.2. The Morgan fingerprint density at radius 2 is 1.51 bits per heavy atom. The van der Waals surface area contributed by atoms with Crippen molar-refractivity contribution in [2.45, 2.75) is 82.8 Å². The Kier molecular flexibility index (Phi) is 12.1. The Morgan fingerprint density at radius 3 is 2.18 bits per heavy atom. The number of rotatable bonds is 12. The monoisotopic (exact) mass is 719 g/mol. The predicted molar refractivity (Wildman–Crippen MR) is 198 cm³/mol. The highest BCUT2D eigenvalue weighted by atomic mass is 35.5. The lowest BCUT2D eigenvalue weighted by Crippen LogP contribution is -2.55. The number of hydrogen-bond acceptors (Lipinski definition) is 4. The number of aryl methyl sites for hydroxylation is 3. The zero-order chi connectivity index (χ0) is 35.1. The van der Waals surface area contributed by atoms with Crippen molar-refractivity contribution in [3.63, 3.8) is 0 Å². The summed E-state index contributed by atoms with van der Waals surface area (Å²) in [6.45, 7) is 5.01. The van der Waals surface area contributed by atoms with Gasteiger partial charge in [-0.05, 0) is 86.2 Å². The highest BCUT2D eigenvalue weighted by Crippen LogP contribution is 2.30. The Hall–Kier alpha value is -3.85. The van der Waals surface area contributed by atoms with Gasteiger partial charge in [-0.1, -0.05) is 109 Å². The summed E-state index contributed by atoms with van der Waals surface area (Å²) < 4.78 is 30.0. The predicted octanol–water partition coefficient (Wildman–Crippen LogP) is 8.20. The van der Waals surface area contributed by atoms with Gasteiger partial charge < -0.3 is 10.2 Å². The van der Waals surface area contributed by atoms with Crippen LogP contribution >= 0.6 is 23.2 Å². The van der Waals surface area contributed by atoms with E-state index < -0.39 is 28.5 Å². The van der Waals surface area contributed by atoms with Gasteiger partial charge >= 0.3 is 0 Å². The minimum Gasteiger partial charge on any atom is -0.352 e. The molecule has 1 fully saturated rings. The van der Waals surface area contributed by atoms with Crippen LogP contribution < -0.4 is 9.62 Å². The van der Waals surface area contributed by atoms with E-state index in [1.54, 1.807) is 48.5 Å². The Labute approximate surface area is 300 Å². The summed E-state index contributed by atoms with van der Waals surface area (Å²) in [5.74, 6) is -0.823. The molecule has 1 aliphatic carbocycles. The number of carbonyl (C=O) groups excluding carboxylic acids is 2. The third kappa shape index (κ3) is 9.24. The number of hydrogen-bond donors (Lipinski definition) is 1. The van der Waals surface area contributed by atoms with E-state index in [-0.39, 0.29) is 29.8 Å². The van der Waals surface area contributed by atoms with Gasteiger partial charge in [-0.3, -0.25) is 13.9 Å². The molecular weight excluding hydrogens is 677 g/mol. The van der Waals surface area contributed by atoms with Gasteiger partial charge in [0.25, 0.3) is 10.0 Å². The van der Waals surface area contributed by atoms with Crippen LogP contribution in [-0.4, -0.2) is 43.8 Å². The van der Waals surface area contributed by atoms with Crippen molar-refractivity contribution in [2.75, 3.05) is 10.8 Å². The zero-order valence-corrected chi connectivity index (χ0v) is 30.5. The van der Waals surface area contributed by atoms with Gasteiger partial charge in [0, 0.05) is 29.1 Å². The number of carbonyl (C=O) groups is 2. The molecule has 1 N–H and O–H groups in total. The average molecular weight is 721 g/mol. The summed E-state index contributed by atoms with van der Waals surface area (Å²) in [7, 11) is -4.21. The maximum atomic E-state index is 14.8. The molecule has 0 spiro atoms. The van der Waals surface area contributed by atoms with Crippen LogP contribution in [0.1, 0.15) is 59.9 Å². The van der Waals surface area contributed by atoms with Crippen molar-refractivity contribution in [3.05, 3.63) is 129 Å². The van der Waals surface area contributed by atoms with Crippen molar-refractivity contribution < 1.29 is 18.0 Å². The first-order valence-corrected chi connectivity index (χ1v) is 18.9. The van der Waals surface area contributed by atoms with E-state index in [1.165, 1.54) is 4.90 Å². The van der Waals surface area contributed by atoms with Gasteiger partial charge in [-0.15, -0.1) is 0 Å². The number of nitrogens with one attached hydrogen (secondary N) is 1. The highest BCUT2D eigenvalue weighted by molar-refractivity contribution is 7.92. The van der Waals surface area contributed by atoms with Crippen molar-refractivity contribution in [1.82, 2.24) is 10.2 Å². The largest absolute Gasteiger partial charge is 0.352 e. The molecule has 0 bridgehead atoms. The number of nitrogens with zero attached hydrogens (tertiary/aromatic N) is 2. The van der Waals surface area contributed by atoms with E-state index in [2.05, 4.69) is 5.32 Å². The number of amides is 2. The van der Waals surface area contributed by atoms with Crippen LogP contribution in [0.4, 0.5) is 5.69 Å². The third-order valence-corrected chi connectivity index (χ3v) is 11.5. The van der Waals surface area contributed by atoms with Crippen LogP contribution in [-0.2, 0) is 32.6 Å². The normalized spacial score (nSPS) is 14.2. The van der Waals surface area contributed by atoms with Gasteiger partial charge in [0.1, 0.15) is 12.6 Å². The lowest BCUT2D eigenvalue weighted by Gasteiger charge is -2.35. The molecule has 7 nitrogen and oxygen atoms in total. The van der Waals surface area contributed by atoms with Crippen LogP contribution in [0.3, 0.4) is 0 Å². The smallest absolute Gasteiger partial charge is 0.264 e. The fourth-order valence-electron chi connectivity index (χ4n) is 6.27. The first kappa shape index (κ1) is 36.4. The lowest BCUT2D eigenvalue weighted by molar-refractivity contribution is -0.140. The molecule has 0 aromatic heterocycles. The second-order valence-corrected chi connectivity index (χ2v) is 15.6. The number of benzene rings is 4. The maximum absolute atomic E-state index is 14.8. The van der Waals surface area contributed by atoms with Crippen LogP contribution in [0.15, 0.2) is 95.9 Å². The molecule has 49 heavy (non-hydrogen) atoms. The SMILES string of the molecule is Cc1ccc(S(=O)(=O)N(CC(=O)N(Cc2ccc(Cl)cc2Cl)C(Cc2ccccc2)C(=O)NC2CCCCC2)c2cc(C)ccc2C)cc1. The summed E-state index contributed by atoms with van der Waals surface area (Å²) in [4.78, 5) is 30.7. The van der Waals surface area contributed by atoms with Crippen LogP contribution in [0.5, 0.6) is 0 Å². The number of anilines is 1. The molecule has 1 aliphatic rings. The van der Waals surface area contributed by atoms with Gasteiger partial charge in [-0.2, -0.15) is 0 Å². The molecule has 1 atom stereocenters.